The number of anilines is 1. The zero-order valence-corrected chi connectivity index (χ0v) is 17.2. The number of hydrogen-bond donors (Lipinski definition) is 2. The third-order valence-electron chi connectivity index (χ3n) is 5.18. The number of thioether (sulfide) groups is 1. The molecule has 28 heavy (non-hydrogen) atoms. The first-order valence-corrected chi connectivity index (χ1v) is 10.6. The molecule has 6 nitrogen and oxygen atoms in total. The van der Waals surface area contributed by atoms with Crippen LogP contribution in [0.3, 0.4) is 0 Å². The Hall–Kier alpha value is -2.41. The zero-order chi connectivity index (χ0) is 19.9. The summed E-state index contributed by atoms with van der Waals surface area (Å²) in [6.45, 7) is 6.29. The molecule has 4 rings (SSSR count). The molecule has 0 amide bonds. The number of allylic oxidation sites excluding steroid dienone is 2. The normalized spacial score (nSPS) is 20.4. The molecule has 0 saturated heterocycles. The van der Waals surface area contributed by atoms with Gasteiger partial charge in [-0.15, -0.1) is 0 Å². The zero-order valence-electron chi connectivity index (χ0n) is 16.3. The quantitative estimate of drug-likeness (QED) is 0.603. The molecular formula is C21H24N4O2S. The molecule has 0 fully saturated rings. The van der Waals surface area contributed by atoms with Crippen molar-refractivity contribution in [3.05, 3.63) is 57.3 Å². The maximum absolute atomic E-state index is 13.1. The summed E-state index contributed by atoms with van der Waals surface area (Å²) in [7, 11) is 0. The Kier molecular flexibility index (Phi) is 4.87. The molecule has 0 saturated carbocycles. The van der Waals surface area contributed by atoms with E-state index in [1.54, 1.807) is 12.4 Å². The van der Waals surface area contributed by atoms with E-state index in [0.29, 0.717) is 28.5 Å². The molecule has 146 valence electrons. The molecule has 1 atom stereocenters. The fourth-order valence-electron chi connectivity index (χ4n) is 4.05. The number of H-pyrrole nitrogens is 1. The monoisotopic (exact) mass is 396 g/mol. The highest BCUT2D eigenvalue weighted by molar-refractivity contribution is 7.99. The van der Waals surface area contributed by atoms with Gasteiger partial charge < -0.3 is 10.3 Å². The van der Waals surface area contributed by atoms with E-state index in [1.807, 2.05) is 12.1 Å². The molecule has 0 aromatic carbocycles. The van der Waals surface area contributed by atoms with Crippen LogP contribution in [0, 0.1) is 5.41 Å². The van der Waals surface area contributed by atoms with Gasteiger partial charge in [0.2, 0.25) is 0 Å². The average Bonchev–Trinajstić information content (AvgIpc) is 2.64. The Morgan fingerprint density at radius 3 is 2.68 bits per heavy atom. The number of aromatic amines is 1. The van der Waals surface area contributed by atoms with Gasteiger partial charge in [0.1, 0.15) is 5.82 Å². The van der Waals surface area contributed by atoms with Gasteiger partial charge in [-0.2, -0.15) is 0 Å². The second-order valence-electron chi connectivity index (χ2n) is 8.15. The molecule has 0 spiro atoms. The molecule has 2 aromatic heterocycles. The molecule has 2 aromatic rings. The number of carbonyl (C=O) groups is 1. The van der Waals surface area contributed by atoms with Crippen LogP contribution < -0.4 is 10.9 Å². The number of hydrogen-bond acceptors (Lipinski definition) is 6. The van der Waals surface area contributed by atoms with Gasteiger partial charge in [-0.25, -0.2) is 4.98 Å². The third kappa shape index (κ3) is 3.39. The van der Waals surface area contributed by atoms with Crippen LogP contribution in [-0.4, -0.2) is 26.5 Å². The van der Waals surface area contributed by atoms with Gasteiger partial charge in [-0.1, -0.05) is 32.5 Å². The van der Waals surface area contributed by atoms with Crippen molar-refractivity contribution < 1.29 is 4.79 Å². The van der Waals surface area contributed by atoms with E-state index in [1.165, 1.54) is 11.8 Å². The van der Waals surface area contributed by atoms with Crippen LogP contribution in [0.25, 0.3) is 0 Å². The van der Waals surface area contributed by atoms with Crippen LogP contribution >= 0.6 is 11.8 Å². The van der Waals surface area contributed by atoms with Crippen molar-refractivity contribution >= 4 is 23.4 Å². The summed E-state index contributed by atoms with van der Waals surface area (Å²) in [5.41, 5.74) is 2.67. The molecule has 2 N–H and O–H groups in total. The lowest BCUT2D eigenvalue weighted by Gasteiger charge is -2.38. The maximum Gasteiger partial charge on any atom is 0.257 e. The SMILES string of the molecule is CCCSc1nc2c(c(=O)[nH]1)[C@@H](c1ccncc1)C1=C(CC(C)(C)CC1=O)N2. The van der Waals surface area contributed by atoms with Crippen molar-refractivity contribution in [2.24, 2.45) is 5.41 Å². The number of fused-ring (bicyclic) bond motifs is 1. The van der Waals surface area contributed by atoms with E-state index in [2.05, 4.69) is 41.0 Å². The molecular weight excluding hydrogens is 372 g/mol. The molecule has 0 radical (unpaired) electrons. The van der Waals surface area contributed by atoms with Crippen LogP contribution in [0.4, 0.5) is 5.82 Å². The largest absolute Gasteiger partial charge is 0.343 e. The molecule has 1 aliphatic heterocycles. The van der Waals surface area contributed by atoms with E-state index in [9.17, 15) is 9.59 Å². The van der Waals surface area contributed by atoms with E-state index in [4.69, 9.17) is 0 Å². The fourth-order valence-corrected chi connectivity index (χ4v) is 4.77. The van der Waals surface area contributed by atoms with Gasteiger partial charge in [0.25, 0.3) is 5.56 Å². The lowest BCUT2D eigenvalue weighted by Crippen LogP contribution is -2.37. The molecule has 1 aliphatic carbocycles. The van der Waals surface area contributed by atoms with Gasteiger partial charge in [0.05, 0.1) is 5.56 Å². The topological polar surface area (TPSA) is 87.7 Å². The van der Waals surface area contributed by atoms with Crippen molar-refractivity contribution in [2.45, 2.75) is 51.1 Å². The van der Waals surface area contributed by atoms with Crippen LogP contribution in [0.15, 0.2) is 45.7 Å². The second kappa shape index (κ2) is 7.20. The van der Waals surface area contributed by atoms with E-state index >= 15 is 0 Å². The number of nitrogens with zero attached hydrogens (tertiary/aromatic N) is 2. The molecule has 7 heteroatoms. The van der Waals surface area contributed by atoms with Gasteiger partial charge in [0.15, 0.2) is 10.9 Å². The lowest BCUT2D eigenvalue weighted by molar-refractivity contribution is -0.118. The summed E-state index contributed by atoms with van der Waals surface area (Å²) < 4.78 is 0. The number of rotatable bonds is 4. The summed E-state index contributed by atoms with van der Waals surface area (Å²) in [6, 6.07) is 3.74. The Labute approximate surface area is 168 Å². The molecule has 0 unspecified atom stereocenters. The van der Waals surface area contributed by atoms with Crippen molar-refractivity contribution in [3.63, 3.8) is 0 Å². The Morgan fingerprint density at radius 2 is 1.96 bits per heavy atom. The molecule has 3 heterocycles. The van der Waals surface area contributed by atoms with Gasteiger partial charge in [0, 0.05) is 41.8 Å². The van der Waals surface area contributed by atoms with E-state index < -0.39 is 5.92 Å². The van der Waals surface area contributed by atoms with Crippen molar-refractivity contribution in [1.29, 1.82) is 0 Å². The van der Waals surface area contributed by atoms with Crippen molar-refractivity contribution in [1.82, 2.24) is 15.0 Å². The smallest absolute Gasteiger partial charge is 0.257 e. The van der Waals surface area contributed by atoms with Crippen molar-refractivity contribution in [3.8, 4) is 0 Å². The minimum Gasteiger partial charge on any atom is -0.343 e. The first-order valence-electron chi connectivity index (χ1n) is 9.60. The van der Waals surface area contributed by atoms with E-state index in [0.717, 1.165) is 29.9 Å². The summed E-state index contributed by atoms with van der Waals surface area (Å²) in [5, 5.41) is 3.95. The Balaban J connectivity index is 1.90. The number of nitrogens with one attached hydrogen (secondary N) is 2. The number of ketones is 1. The standard InChI is InChI=1S/C21H24N4O2S/c1-4-9-28-20-24-18-17(19(27)25-20)15(12-5-7-22-8-6-12)16-13(23-18)10-21(2,3)11-14(16)26/h5-8,15H,4,9-11H2,1-3H3,(H2,23,24,25,27)/t15-/m0/s1. The Morgan fingerprint density at radius 1 is 1.21 bits per heavy atom. The van der Waals surface area contributed by atoms with Gasteiger partial charge in [-0.3, -0.25) is 14.6 Å². The maximum atomic E-state index is 13.1. The van der Waals surface area contributed by atoms with Gasteiger partial charge in [-0.05, 0) is 36.0 Å². The summed E-state index contributed by atoms with van der Waals surface area (Å²) in [5.74, 6) is 1.12. The number of pyridine rings is 1. The van der Waals surface area contributed by atoms with Gasteiger partial charge >= 0.3 is 0 Å². The highest BCUT2D eigenvalue weighted by atomic mass is 32.2. The average molecular weight is 397 g/mol. The number of carbonyl (C=O) groups excluding carboxylic acids is 1. The highest BCUT2D eigenvalue weighted by Gasteiger charge is 2.42. The van der Waals surface area contributed by atoms with Crippen LogP contribution in [-0.2, 0) is 4.79 Å². The second-order valence-corrected chi connectivity index (χ2v) is 9.24. The third-order valence-corrected chi connectivity index (χ3v) is 6.26. The predicted octanol–water partition coefficient (Wildman–Crippen LogP) is 3.87. The van der Waals surface area contributed by atoms with Crippen LogP contribution in [0.1, 0.15) is 57.1 Å². The minimum absolute atomic E-state index is 0.0926. The summed E-state index contributed by atoms with van der Waals surface area (Å²) >= 11 is 1.53. The minimum atomic E-state index is -0.417. The predicted molar refractivity (Wildman–Crippen MR) is 111 cm³/mol. The number of aromatic nitrogens is 3. The lowest BCUT2D eigenvalue weighted by atomic mass is 9.69. The Bertz CT molecular complexity index is 1010. The number of Topliss-reactive ketones (excluding diaryl/α,β-unsaturated/α-hetero) is 1. The fraction of sp³-hybridized carbons (Fsp3) is 0.429. The van der Waals surface area contributed by atoms with E-state index in [-0.39, 0.29) is 16.8 Å². The van der Waals surface area contributed by atoms with Crippen molar-refractivity contribution in [2.75, 3.05) is 11.1 Å². The first kappa shape index (κ1) is 18.9. The highest BCUT2D eigenvalue weighted by Crippen LogP contribution is 2.47. The summed E-state index contributed by atoms with van der Waals surface area (Å²) in [4.78, 5) is 37.8. The first-order chi connectivity index (χ1) is 13.4. The van der Waals surface area contributed by atoms with Crippen LogP contribution in [0.5, 0.6) is 0 Å². The molecule has 2 aliphatic rings. The molecule has 0 bridgehead atoms. The summed E-state index contributed by atoms with van der Waals surface area (Å²) in [6.07, 6.45) is 5.61. The van der Waals surface area contributed by atoms with Crippen LogP contribution in [0.2, 0.25) is 0 Å².